The van der Waals surface area contributed by atoms with Crippen LogP contribution in [0.1, 0.15) is 30.6 Å². The number of anilines is 1. The first-order chi connectivity index (χ1) is 10.8. The van der Waals surface area contributed by atoms with Crippen LogP contribution in [0.3, 0.4) is 0 Å². The lowest BCUT2D eigenvalue weighted by Crippen LogP contribution is -2.32. The van der Waals surface area contributed by atoms with Crippen LogP contribution in [0, 0.1) is 5.82 Å². The maximum atomic E-state index is 13.9. The smallest absolute Gasteiger partial charge is 0.258 e. The summed E-state index contributed by atoms with van der Waals surface area (Å²) in [7, 11) is -3.83. The van der Waals surface area contributed by atoms with E-state index in [0.29, 0.717) is 6.42 Å². The molecule has 0 saturated heterocycles. The van der Waals surface area contributed by atoms with Crippen molar-refractivity contribution >= 4 is 21.6 Å². The molecule has 1 atom stereocenters. The molecule has 0 aliphatic heterocycles. The Kier molecular flexibility index (Phi) is 5.12. The Hall–Kier alpha value is -2.26. The highest BCUT2D eigenvalue weighted by Crippen LogP contribution is 2.17. The summed E-state index contributed by atoms with van der Waals surface area (Å²) in [6, 6.07) is 2.76. The van der Waals surface area contributed by atoms with E-state index in [9.17, 15) is 17.6 Å². The first-order valence-corrected chi connectivity index (χ1v) is 8.34. The molecule has 0 spiro atoms. The van der Waals surface area contributed by atoms with Crippen molar-refractivity contribution in [2.75, 3.05) is 5.32 Å². The second-order valence-electron chi connectivity index (χ2n) is 4.94. The van der Waals surface area contributed by atoms with Crippen LogP contribution in [0.5, 0.6) is 0 Å². The third-order valence-corrected chi connectivity index (χ3v) is 4.74. The van der Waals surface area contributed by atoms with E-state index in [1.165, 1.54) is 12.5 Å². The summed E-state index contributed by atoms with van der Waals surface area (Å²) in [5.74, 6) is -1.63. The number of rotatable bonds is 6. The minimum atomic E-state index is -3.83. The number of nitrogens with zero attached hydrogens (tertiary/aromatic N) is 1. The molecule has 0 fully saturated rings. The molecule has 1 aromatic heterocycles. The van der Waals surface area contributed by atoms with Crippen molar-refractivity contribution in [2.24, 2.45) is 0 Å². The lowest BCUT2D eigenvalue weighted by atomic mass is 10.2. The number of sulfonamides is 1. The number of carbonyl (C=O) groups excluding carboxylic acids is 1. The number of nitrogens with one attached hydrogen (secondary N) is 2. The number of amides is 1. The summed E-state index contributed by atoms with van der Waals surface area (Å²) < 4.78 is 45.3. The number of benzene rings is 1. The molecule has 1 aromatic carbocycles. The van der Waals surface area contributed by atoms with Crippen molar-refractivity contribution in [3.63, 3.8) is 0 Å². The molecule has 2 rings (SSSR count). The third kappa shape index (κ3) is 4.14. The second-order valence-corrected chi connectivity index (χ2v) is 6.65. The summed E-state index contributed by atoms with van der Waals surface area (Å²) in [6.45, 7) is 3.54. The highest BCUT2D eigenvalue weighted by atomic mass is 32.2. The SMILES string of the molecule is CC[C@@H](C)NS(=O)(=O)c1ccc(F)c(C(=O)Nc2cnoc2)c1. The number of hydrogen-bond donors (Lipinski definition) is 2. The molecule has 0 bridgehead atoms. The number of aromatic nitrogens is 1. The summed E-state index contributed by atoms with van der Waals surface area (Å²) in [6.07, 6.45) is 3.00. The van der Waals surface area contributed by atoms with Crippen molar-refractivity contribution in [2.45, 2.75) is 31.2 Å². The molecule has 0 aliphatic rings. The molecular weight excluding hydrogens is 325 g/mol. The predicted molar refractivity (Wildman–Crippen MR) is 80.9 cm³/mol. The Labute approximate surface area is 132 Å². The van der Waals surface area contributed by atoms with Crippen LogP contribution in [-0.4, -0.2) is 25.5 Å². The first kappa shape index (κ1) is 17.1. The van der Waals surface area contributed by atoms with E-state index in [-0.39, 0.29) is 16.6 Å². The van der Waals surface area contributed by atoms with Gasteiger partial charge in [0.25, 0.3) is 5.91 Å². The van der Waals surface area contributed by atoms with Gasteiger partial charge in [0.2, 0.25) is 10.0 Å². The molecule has 9 heteroatoms. The zero-order valence-electron chi connectivity index (χ0n) is 12.5. The van der Waals surface area contributed by atoms with Crippen molar-refractivity contribution in [3.05, 3.63) is 42.0 Å². The van der Waals surface area contributed by atoms with Gasteiger partial charge >= 0.3 is 0 Å². The average molecular weight is 341 g/mol. The lowest BCUT2D eigenvalue weighted by molar-refractivity contribution is 0.102. The van der Waals surface area contributed by atoms with E-state index in [4.69, 9.17) is 0 Å². The van der Waals surface area contributed by atoms with Gasteiger partial charge in [0, 0.05) is 6.04 Å². The highest BCUT2D eigenvalue weighted by Gasteiger charge is 2.21. The maximum absolute atomic E-state index is 13.9. The van der Waals surface area contributed by atoms with Gasteiger partial charge in [0.1, 0.15) is 17.8 Å². The molecule has 0 saturated carbocycles. The topological polar surface area (TPSA) is 101 Å². The van der Waals surface area contributed by atoms with Gasteiger partial charge in [-0.1, -0.05) is 12.1 Å². The zero-order chi connectivity index (χ0) is 17.0. The quantitative estimate of drug-likeness (QED) is 0.838. The van der Waals surface area contributed by atoms with E-state index in [2.05, 4.69) is 19.7 Å². The van der Waals surface area contributed by atoms with Crippen molar-refractivity contribution in [1.82, 2.24) is 9.88 Å². The molecule has 0 radical (unpaired) electrons. The summed E-state index contributed by atoms with van der Waals surface area (Å²) in [5, 5.41) is 5.76. The second kappa shape index (κ2) is 6.88. The van der Waals surface area contributed by atoms with E-state index >= 15 is 0 Å². The van der Waals surface area contributed by atoms with Gasteiger partial charge in [0.15, 0.2) is 0 Å². The number of halogens is 1. The Morgan fingerprint density at radius 2 is 2.17 bits per heavy atom. The van der Waals surface area contributed by atoms with Gasteiger partial charge in [-0.2, -0.15) is 0 Å². The van der Waals surface area contributed by atoms with Crippen LogP contribution in [-0.2, 0) is 10.0 Å². The van der Waals surface area contributed by atoms with Gasteiger partial charge in [-0.25, -0.2) is 17.5 Å². The molecular formula is C14H16FN3O4S. The summed E-state index contributed by atoms with van der Waals surface area (Å²) in [5.41, 5.74) is -0.154. The van der Waals surface area contributed by atoms with Crippen LogP contribution >= 0.6 is 0 Å². The Morgan fingerprint density at radius 1 is 1.43 bits per heavy atom. The normalized spacial score (nSPS) is 12.8. The van der Waals surface area contributed by atoms with E-state index in [1.54, 1.807) is 6.92 Å². The third-order valence-electron chi connectivity index (χ3n) is 3.15. The van der Waals surface area contributed by atoms with Crippen LogP contribution in [0.15, 0.2) is 40.1 Å². The molecule has 7 nitrogen and oxygen atoms in total. The first-order valence-electron chi connectivity index (χ1n) is 6.86. The number of hydrogen-bond acceptors (Lipinski definition) is 5. The van der Waals surface area contributed by atoms with Gasteiger partial charge in [0.05, 0.1) is 16.7 Å². The van der Waals surface area contributed by atoms with Crippen molar-refractivity contribution in [3.8, 4) is 0 Å². The Bertz CT molecular complexity index is 790. The fraction of sp³-hybridized carbons (Fsp3) is 0.286. The van der Waals surface area contributed by atoms with E-state index < -0.39 is 27.3 Å². The zero-order valence-corrected chi connectivity index (χ0v) is 13.4. The molecule has 0 aliphatic carbocycles. The van der Waals surface area contributed by atoms with Gasteiger partial charge in [-0.05, 0) is 31.5 Å². The van der Waals surface area contributed by atoms with Gasteiger partial charge in [-0.3, -0.25) is 4.79 Å². The molecule has 1 amide bonds. The molecule has 23 heavy (non-hydrogen) atoms. The van der Waals surface area contributed by atoms with Gasteiger partial charge < -0.3 is 9.84 Å². The largest absolute Gasteiger partial charge is 0.363 e. The highest BCUT2D eigenvalue weighted by molar-refractivity contribution is 7.89. The standard InChI is InChI=1S/C14H16FN3O4S/c1-3-9(2)18-23(20,21)11-4-5-13(15)12(6-11)14(19)17-10-7-16-22-8-10/h4-9,18H,3H2,1-2H3,(H,17,19)/t9-/m1/s1. The molecule has 124 valence electrons. The Balaban J connectivity index is 2.30. The fourth-order valence-corrected chi connectivity index (χ4v) is 3.08. The van der Waals surface area contributed by atoms with E-state index in [1.807, 2.05) is 6.92 Å². The van der Waals surface area contributed by atoms with Crippen LogP contribution < -0.4 is 10.0 Å². The molecule has 2 aromatic rings. The summed E-state index contributed by atoms with van der Waals surface area (Å²) >= 11 is 0. The van der Waals surface area contributed by atoms with Crippen molar-refractivity contribution < 1.29 is 22.1 Å². The average Bonchev–Trinajstić information content (AvgIpc) is 2.99. The molecule has 0 unspecified atom stereocenters. The summed E-state index contributed by atoms with van der Waals surface area (Å²) in [4.78, 5) is 11.9. The minimum Gasteiger partial charge on any atom is -0.363 e. The van der Waals surface area contributed by atoms with Crippen LogP contribution in [0.25, 0.3) is 0 Å². The maximum Gasteiger partial charge on any atom is 0.258 e. The van der Waals surface area contributed by atoms with Crippen LogP contribution in [0.2, 0.25) is 0 Å². The number of carbonyl (C=O) groups is 1. The fourth-order valence-electron chi connectivity index (χ4n) is 1.73. The monoisotopic (exact) mass is 341 g/mol. The Morgan fingerprint density at radius 3 is 2.78 bits per heavy atom. The van der Waals surface area contributed by atoms with Crippen LogP contribution in [0.4, 0.5) is 10.1 Å². The molecule has 1 heterocycles. The molecule has 2 N–H and O–H groups in total. The minimum absolute atomic E-state index is 0.185. The lowest BCUT2D eigenvalue weighted by Gasteiger charge is -2.13. The predicted octanol–water partition coefficient (Wildman–Crippen LogP) is 2.14. The van der Waals surface area contributed by atoms with E-state index in [0.717, 1.165) is 18.2 Å². The van der Waals surface area contributed by atoms with Crippen molar-refractivity contribution in [1.29, 1.82) is 0 Å². The van der Waals surface area contributed by atoms with Gasteiger partial charge in [-0.15, -0.1) is 0 Å².